The van der Waals surface area contributed by atoms with Crippen LogP contribution >= 0.6 is 34.7 Å². The van der Waals surface area contributed by atoms with Crippen molar-refractivity contribution in [1.29, 1.82) is 5.41 Å². The van der Waals surface area contributed by atoms with E-state index in [4.69, 9.17) is 26.5 Å². The van der Waals surface area contributed by atoms with Crippen molar-refractivity contribution < 1.29 is 19.1 Å². The topological polar surface area (TPSA) is 104 Å². The first-order valence-electron chi connectivity index (χ1n) is 8.47. The number of halogens is 1. The Morgan fingerprint density at radius 1 is 1.37 bits per heavy atom. The largest absolute Gasteiger partial charge is 0.493 e. The number of aliphatic imine (C=N–C) groups is 1. The van der Waals surface area contributed by atoms with Gasteiger partial charge in [-0.15, -0.1) is 11.3 Å². The molecule has 11 heteroatoms. The van der Waals surface area contributed by atoms with Crippen molar-refractivity contribution in [3.63, 3.8) is 0 Å². The lowest BCUT2D eigenvalue weighted by Gasteiger charge is -2.20. The third-order valence-corrected chi connectivity index (χ3v) is 5.99. The van der Waals surface area contributed by atoms with E-state index in [0.717, 1.165) is 0 Å². The highest BCUT2D eigenvalue weighted by Crippen LogP contribution is 2.38. The predicted octanol–water partition coefficient (Wildman–Crippen LogP) is 4.27. The highest BCUT2D eigenvalue weighted by atomic mass is 35.5. The molecule has 1 N–H and O–H groups in total. The van der Waals surface area contributed by atoms with Crippen LogP contribution in [-0.2, 0) is 4.79 Å². The number of carbonyl (C=O) groups excluding carboxylic acids is 2. The van der Waals surface area contributed by atoms with Crippen molar-refractivity contribution >= 4 is 68.7 Å². The van der Waals surface area contributed by atoms with Crippen molar-refractivity contribution in [3.8, 4) is 11.5 Å². The summed E-state index contributed by atoms with van der Waals surface area (Å²) < 4.78 is 10.7. The average Bonchev–Trinajstić information content (AvgIpc) is 3.36. The van der Waals surface area contributed by atoms with E-state index in [-0.39, 0.29) is 27.9 Å². The number of benzene rings is 1. The third-order valence-electron chi connectivity index (χ3n) is 4.04. The molecule has 0 saturated heterocycles. The molecule has 2 aliphatic heterocycles. The first-order valence-corrected chi connectivity index (χ1v) is 10.5. The fourth-order valence-corrected chi connectivity index (χ4v) is 4.30. The van der Waals surface area contributed by atoms with E-state index in [1.54, 1.807) is 30.5 Å². The Hall–Kier alpha value is -2.95. The van der Waals surface area contributed by atoms with Gasteiger partial charge in [-0.3, -0.25) is 10.2 Å². The average molecular weight is 461 g/mol. The lowest BCUT2D eigenvalue weighted by molar-refractivity contribution is -0.114. The number of methoxy groups -OCH3 is 1. The summed E-state index contributed by atoms with van der Waals surface area (Å²) >= 11 is 8.81. The molecule has 0 spiro atoms. The Kier molecular flexibility index (Phi) is 5.46. The Morgan fingerprint density at radius 2 is 2.17 bits per heavy atom. The second-order valence-electron chi connectivity index (χ2n) is 6.04. The van der Waals surface area contributed by atoms with Crippen LogP contribution in [0.25, 0.3) is 6.08 Å². The maximum Gasteiger partial charge on any atom is 0.353 e. The molecule has 0 fully saturated rings. The van der Waals surface area contributed by atoms with E-state index < -0.39 is 11.9 Å². The number of rotatable bonds is 4. The van der Waals surface area contributed by atoms with Crippen molar-refractivity contribution in [2.24, 2.45) is 10.1 Å². The van der Waals surface area contributed by atoms with Crippen LogP contribution in [0, 0.1) is 5.41 Å². The molecule has 2 aliphatic rings. The van der Waals surface area contributed by atoms with Gasteiger partial charge >= 0.3 is 5.97 Å². The molecule has 0 bridgehead atoms. The molecule has 0 radical (unpaired) electrons. The van der Waals surface area contributed by atoms with Crippen LogP contribution in [0.15, 0.2) is 45.3 Å². The maximum atomic E-state index is 12.4. The van der Waals surface area contributed by atoms with Gasteiger partial charge in [-0.2, -0.15) is 15.1 Å². The smallest absolute Gasteiger partial charge is 0.353 e. The number of nitrogens with zero attached hydrogens (tertiary/aromatic N) is 3. The molecule has 0 unspecified atom stereocenters. The number of hydrazone groups is 1. The molecule has 1 aromatic heterocycles. The normalized spacial score (nSPS) is 17.0. The van der Waals surface area contributed by atoms with Gasteiger partial charge in [0.2, 0.25) is 5.17 Å². The van der Waals surface area contributed by atoms with Crippen molar-refractivity contribution in [1.82, 2.24) is 5.01 Å². The van der Waals surface area contributed by atoms with Gasteiger partial charge in [0, 0.05) is 0 Å². The summed E-state index contributed by atoms with van der Waals surface area (Å²) in [5, 5.41) is 16.7. The highest BCUT2D eigenvalue weighted by molar-refractivity contribution is 8.26. The number of hydrogen-bond acceptors (Lipinski definition) is 8. The van der Waals surface area contributed by atoms with Gasteiger partial charge in [-0.05, 0) is 53.9 Å². The molecule has 2 aromatic rings. The van der Waals surface area contributed by atoms with Gasteiger partial charge in [0.1, 0.15) is 4.88 Å². The van der Waals surface area contributed by atoms with Crippen LogP contribution in [0.3, 0.4) is 0 Å². The summed E-state index contributed by atoms with van der Waals surface area (Å²) in [4.78, 5) is 29.1. The zero-order valence-corrected chi connectivity index (χ0v) is 18.0. The maximum absolute atomic E-state index is 12.4. The zero-order valence-electron chi connectivity index (χ0n) is 15.6. The zero-order chi connectivity index (χ0) is 21.4. The minimum absolute atomic E-state index is 0.0549. The van der Waals surface area contributed by atoms with Crippen LogP contribution in [-0.4, -0.2) is 40.0 Å². The predicted molar refractivity (Wildman–Crippen MR) is 118 cm³/mol. The number of fused-ring (bicyclic) bond motifs is 1. The van der Waals surface area contributed by atoms with Gasteiger partial charge in [0.25, 0.3) is 5.91 Å². The Morgan fingerprint density at radius 3 is 2.87 bits per heavy atom. The van der Waals surface area contributed by atoms with Crippen LogP contribution in [0.4, 0.5) is 0 Å². The molecule has 0 saturated carbocycles. The second-order valence-corrected chi connectivity index (χ2v) is 8.55. The lowest BCUT2D eigenvalue weighted by atomic mass is 10.1. The van der Waals surface area contributed by atoms with E-state index in [1.165, 1.54) is 47.4 Å². The van der Waals surface area contributed by atoms with E-state index in [0.29, 0.717) is 20.7 Å². The van der Waals surface area contributed by atoms with Crippen molar-refractivity contribution in [2.45, 2.75) is 6.92 Å². The minimum Gasteiger partial charge on any atom is -0.493 e. The van der Waals surface area contributed by atoms with Gasteiger partial charge < -0.3 is 9.47 Å². The molecule has 1 aromatic carbocycles. The van der Waals surface area contributed by atoms with Gasteiger partial charge in [-0.25, -0.2) is 4.79 Å². The van der Waals surface area contributed by atoms with Gasteiger partial charge in [0.15, 0.2) is 17.3 Å². The molecule has 1 amide bonds. The number of nitrogens with one attached hydrogen (secondary N) is 1. The Balaban J connectivity index is 1.67. The summed E-state index contributed by atoms with van der Waals surface area (Å²) in [6.07, 6.45) is 1.47. The SMILES string of the molecule is COc1cc(C=C2C(=N)N3N=C(C)SC3=NC2=O)cc(Cl)c1OC(=O)c1cccs1. The fourth-order valence-electron chi connectivity index (χ4n) is 2.71. The van der Waals surface area contributed by atoms with Crippen LogP contribution in [0.1, 0.15) is 22.2 Å². The van der Waals surface area contributed by atoms with E-state index in [2.05, 4.69) is 10.1 Å². The summed E-state index contributed by atoms with van der Waals surface area (Å²) in [7, 11) is 1.41. The molecule has 4 rings (SSSR count). The van der Waals surface area contributed by atoms with Gasteiger partial charge in [-0.1, -0.05) is 17.7 Å². The number of ether oxygens (including phenoxy) is 2. The molecule has 152 valence electrons. The molecule has 0 atom stereocenters. The Labute approximate surface area is 184 Å². The van der Waals surface area contributed by atoms with Crippen molar-refractivity contribution in [2.75, 3.05) is 7.11 Å². The molecule has 8 nitrogen and oxygen atoms in total. The Bertz CT molecular complexity index is 1170. The molecular formula is C19H13ClN4O4S2. The fraction of sp³-hybridized carbons (Fsp3) is 0.105. The number of thiophene rings is 1. The summed E-state index contributed by atoms with van der Waals surface area (Å²) in [5.74, 6) is -0.906. The quantitative estimate of drug-likeness (QED) is 0.415. The lowest BCUT2D eigenvalue weighted by Crippen LogP contribution is -2.35. The molecule has 3 heterocycles. The second kappa shape index (κ2) is 8.05. The summed E-state index contributed by atoms with van der Waals surface area (Å²) in [6, 6.07) is 6.45. The first-order chi connectivity index (χ1) is 14.4. The van der Waals surface area contributed by atoms with E-state index in [9.17, 15) is 9.59 Å². The third kappa shape index (κ3) is 3.76. The number of esters is 1. The number of hydrogen-bond donors (Lipinski definition) is 1. The monoisotopic (exact) mass is 460 g/mol. The van der Waals surface area contributed by atoms with Crippen LogP contribution in [0.2, 0.25) is 5.02 Å². The van der Waals surface area contributed by atoms with E-state index in [1.807, 2.05) is 0 Å². The standard InChI is InChI=1S/C19H13ClN4O4S2/c1-9-23-24-16(21)11(17(25)22-19(24)30-9)6-10-7-12(20)15(13(8-10)27-2)28-18(26)14-4-3-5-29-14/h3-8,21H,1-2H3. The minimum atomic E-state index is -0.554. The molecule has 30 heavy (non-hydrogen) atoms. The van der Waals surface area contributed by atoms with Crippen molar-refractivity contribution in [3.05, 3.63) is 50.7 Å². The van der Waals surface area contributed by atoms with Crippen LogP contribution < -0.4 is 9.47 Å². The number of thioether (sulfide) groups is 1. The first kappa shape index (κ1) is 20.3. The number of amidine groups is 2. The van der Waals surface area contributed by atoms with Gasteiger partial charge in [0.05, 0.1) is 22.7 Å². The number of amides is 1. The highest BCUT2D eigenvalue weighted by Gasteiger charge is 2.34. The van der Waals surface area contributed by atoms with E-state index >= 15 is 0 Å². The molecular weight excluding hydrogens is 448 g/mol. The number of carbonyl (C=O) groups is 2. The van der Waals surface area contributed by atoms with Crippen LogP contribution in [0.5, 0.6) is 11.5 Å². The molecule has 0 aliphatic carbocycles. The summed E-state index contributed by atoms with van der Waals surface area (Å²) in [6.45, 7) is 1.77. The summed E-state index contributed by atoms with van der Waals surface area (Å²) in [5.41, 5.74) is 0.534.